The highest BCUT2D eigenvalue weighted by molar-refractivity contribution is 7.86. The van der Waals surface area contributed by atoms with Gasteiger partial charge in [0.25, 0.3) is 5.56 Å². The first kappa shape index (κ1) is 19.7. The van der Waals surface area contributed by atoms with Crippen LogP contribution in [0.15, 0.2) is 59.5 Å². The Balaban J connectivity index is 1.69. The Morgan fingerprint density at radius 2 is 2.00 bits per heavy atom. The van der Waals surface area contributed by atoms with E-state index in [-0.39, 0.29) is 5.02 Å². The van der Waals surface area contributed by atoms with E-state index >= 15 is 0 Å². The van der Waals surface area contributed by atoms with Gasteiger partial charge in [0, 0.05) is 24.2 Å². The van der Waals surface area contributed by atoms with Crippen LogP contribution < -0.4 is 15.2 Å². The molecule has 1 aromatic heterocycles. The second-order valence-corrected chi connectivity index (χ2v) is 8.84. The monoisotopic (exact) mass is 428 g/mol. The van der Waals surface area contributed by atoms with Crippen LogP contribution in [0.5, 0.6) is 0 Å². The van der Waals surface area contributed by atoms with E-state index in [2.05, 4.69) is 10.3 Å². The number of anilines is 3. The highest BCUT2D eigenvalue weighted by Crippen LogP contribution is 2.28. The Kier molecular flexibility index (Phi) is 5.69. The Labute approximate surface area is 176 Å². The minimum atomic E-state index is -0.993. The van der Waals surface area contributed by atoms with Gasteiger partial charge in [0.2, 0.25) is 5.95 Å². The molecule has 1 N–H and O–H groups in total. The molecule has 1 unspecified atom stereocenters. The lowest BCUT2D eigenvalue weighted by Crippen LogP contribution is -2.20. The van der Waals surface area contributed by atoms with Gasteiger partial charge >= 0.3 is 0 Å². The maximum atomic E-state index is 12.2. The van der Waals surface area contributed by atoms with E-state index in [4.69, 9.17) is 11.6 Å². The summed E-state index contributed by atoms with van der Waals surface area (Å²) in [4.78, 5) is 16.2. The van der Waals surface area contributed by atoms with Crippen molar-refractivity contribution in [2.75, 3.05) is 21.9 Å². The number of rotatable bonds is 5. The van der Waals surface area contributed by atoms with Gasteiger partial charge in [-0.1, -0.05) is 48.0 Å². The Morgan fingerprint density at radius 3 is 2.72 bits per heavy atom. The molecule has 1 aliphatic heterocycles. The molecule has 0 radical (unpaired) electrons. The molecule has 2 heterocycles. The maximum absolute atomic E-state index is 12.2. The molecule has 0 aliphatic carbocycles. The summed E-state index contributed by atoms with van der Waals surface area (Å²) < 4.78 is 15.9. The lowest BCUT2D eigenvalue weighted by Gasteiger charge is -2.20. The van der Waals surface area contributed by atoms with Crippen molar-refractivity contribution in [3.8, 4) is 0 Å². The fourth-order valence-corrected chi connectivity index (χ4v) is 4.72. The summed E-state index contributed by atoms with van der Waals surface area (Å²) in [7, 11) is -0.993. The van der Waals surface area contributed by atoms with Crippen LogP contribution in [0, 0.1) is 6.92 Å². The fourth-order valence-electron chi connectivity index (χ4n) is 3.28. The van der Waals surface area contributed by atoms with Gasteiger partial charge < -0.3 is 9.88 Å². The molecule has 1 aliphatic rings. The Hall–Kier alpha value is -2.64. The molecule has 0 spiro atoms. The van der Waals surface area contributed by atoms with Crippen LogP contribution in [0.25, 0.3) is 0 Å². The third-order valence-electron chi connectivity index (χ3n) is 4.83. The topological polar surface area (TPSA) is 67.2 Å². The van der Waals surface area contributed by atoms with Crippen LogP contribution >= 0.6 is 11.6 Å². The maximum Gasteiger partial charge on any atom is 0.293 e. The summed E-state index contributed by atoms with van der Waals surface area (Å²) in [6.45, 7) is 3.26. The first-order valence-corrected chi connectivity index (χ1v) is 11.0. The van der Waals surface area contributed by atoms with Crippen LogP contribution in [-0.2, 0) is 17.5 Å². The summed E-state index contributed by atoms with van der Waals surface area (Å²) in [5.74, 6) is 1.09. The number of halogens is 1. The van der Waals surface area contributed by atoms with E-state index in [1.807, 2.05) is 64.3 Å². The number of benzene rings is 2. The third kappa shape index (κ3) is 4.36. The molecule has 29 heavy (non-hydrogen) atoms. The standard InChI is InChI=1S/C21H21ClN4O2S/c1-15-8-9-17(26-10-5-11-29(26)28)12-19(15)23-21-24-20(27)18(22)14-25(21)13-16-6-3-2-4-7-16/h2-4,6-9,12,14H,5,10-11,13H2,1H3,(H,23,24,27). The molecule has 0 amide bonds. The molecule has 6 nitrogen and oxygen atoms in total. The smallest absolute Gasteiger partial charge is 0.293 e. The molecule has 1 atom stereocenters. The first-order chi connectivity index (χ1) is 14.0. The van der Waals surface area contributed by atoms with Gasteiger partial charge in [-0.2, -0.15) is 4.98 Å². The second kappa shape index (κ2) is 8.39. The van der Waals surface area contributed by atoms with Gasteiger partial charge in [-0.3, -0.25) is 9.10 Å². The van der Waals surface area contributed by atoms with Crippen LogP contribution in [0.1, 0.15) is 17.5 Å². The predicted octanol–water partition coefficient (Wildman–Crippen LogP) is 3.87. The molecule has 4 rings (SSSR count). The zero-order valence-electron chi connectivity index (χ0n) is 16.0. The van der Waals surface area contributed by atoms with Crippen molar-refractivity contribution in [1.29, 1.82) is 0 Å². The first-order valence-electron chi connectivity index (χ1n) is 9.36. The highest BCUT2D eigenvalue weighted by Gasteiger charge is 2.21. The quantitative estimate of drug-likeness (QED) is 0.669. The summed E-state index contributed by atoms with van der Waals surface area (Å²) in [5, 5.41) is 3.35. The number of nitrogens with zero attached hydrogens (tertiary/aromatic N) is 3. The van der Waals surface area contributed by atoms with Crippen LogP contribution in [-0.4, -0.2) is 26.1 Å². The van der Waals surface area contributed by atoms with Gasteiger partial charge in [-0.25, -0.2) is 4.21 Å². The summed E-state index contributed by atoms with van der Waals surface area (Å²) in [5.41, 5.74) is 3.28. The molecule has 2 aromatic carbocycles. The van der Waals surface area contributed by atoms with Gasteiger partial charge in [0.1, 0.15) is 16.0 Å². The van der Waals surface area contributed by atoms with Crippen molar-refractivity contribution in [3.05, 3.63) is 81.2 Å². The summed E-state index contributed by atoms with van der Waals surface area (Å²) in [6, 6.07) is 15.8. The van der Waals surface area contributed by atoms with Gasteiger partial charge in [0.05, 0.1) is 12.2 Å². The molecule has 0 bridgehead atoms. The van der Waals surface area contributed by atoms with E-state index in [9.17, 15) is 9.00 Å². The molecule has 0 saturated carbocycles. The predicted molar refractivity (Wildman–Crippen MR) is 118 cm³/mol. The number of aryl methyl sites for hydroxylation is 1. The van der Waals surface area contributed by atoms with Crippen molar-refractivity contribution >= 4 is 39.9 Å². The zero-order valence-corrected chi connectivity index (χ0v) is 17.5. The molecular weight excluding hydrogens is 408 g/mol. The molecule has 1 saturated heterocycles. The van der Waals surface area contributed by atoms with E-state index in [1.165, 1.54) is 0 Å². The number of hydrogen-bond donors (Lipinski definition) is 1. The van der Waals surface area contributed by atoms with Crippen LogP contribution in [0.2, 0.25) is 5.02 Å². The molecule has 3 aromatic rings. The van der Waals surface area contributed by atoms with E-state index in [1.54, 1.807) is 6.20 Å². The third-order valence-corrected chi connectivity index (χ3v) is 6.61. The highest BCUT2D eigenvalue weighted by atomic mass is 35.5. The van der Waals surface area contributed by atoms with Crippen molar-refractivity contribution in [1.82, 2.24) is 9.55 Å². The lowest BCUT2D eigenvalue weighted by atomic mass is 10.1. The van der Waals surface area contributed by atoms with Gasteiger partial charge in [-0.05, 0) is 36.6 Å². The van der Waals surface area contributed by atoms with E-state index in [0.29, 0.717) is 18.2 Å². The van der Waals surface area contributed by atoms with Crippen LogP contribution in [0.4, 0.5) is 17.3 Å². The fraction of sp³-hybridized carbons (Fsp3) is 0.238. The van der Waals surface area contributed by atoms with Crippen molar-refractivity contribution < 1.29 is 4.21 Å². The minimum Gasteiger partial charge on any atom is -0.325 e. The average Bonchev–Trinajstić information content (AvgIpc) is 3.14. The normalized spacial score (nSPS) is 16.2. The number of hydrogen-bond acceptors (Lipinski definition) is 4. The number of nitrogens with one attached hydrogen (secondary N) is 1. The molecule has 1 fully saturated rings. The largest absolute Gasteiger partial charge is 0.325 e. The average molecular weight is 429 g/mol. The van der Waals surface area contributed by atoms with Gasteiger partial charge in [-0.15, -0.1) is 0 Å². The SMILES string of the molecule is Cc1ccc(N2CCCS2=O)cc1Nc1nc(=O)c(Cl)cn1Cc1ccccc1. The van der Waals surface area contributed by atoms with Crippen molar-refractivity contribution in [3.63, 3.8) is 0 Å². The molecule has 150 valence electrons. The summed E-state index contributed by atoms with van der Waals surface area (Å²) >= 11 is 6.05. The zero-order chi connectivity index (χ0) is 20.4. The lowest BCUT2D eigenvalue weighted by molar-refractivity contribution is 0.685. The van der Waals surface area contributed by atoms with Crippen molar-refractivity contribution in [2.24, 2.45) is 0 Å². The Morgan fingerprint density at radius 1 is 1.21 bits per heavy atom. The molecular formula is C21H21ClN4O2S. The minimum absolute atomic E-state index is 0.0735. The second-order valence-electron chi connectivity index (χ2n) is 6.94. The van der Waals surface area contributed by atoms with Crippen LogP contribution in [0.3, 0.4) is 0 Å². The van der Waals surface area contributed by atoms with E-state index < -0.39 is 16.5 Å². The Bertz CT molecular complexity index is 1120. The van der Waals surface area contributed by atoms with Gasteiger partial charge in [0.15, 0.2) is 0 Å². The van der Waals surface area contributed by atoms with Crippen molar-refractivity contribution in [2.45, 2.75) is 19.9 Å². The van der Waals surface area contributed by atoms with E-state index in [0.717, 1.165) is 35.5 Å². The molecule has 8 heteroatoms. The number of aromatic nitrogens is 2. The summed E-state index contributed by atoms with van der Waals surface area (Å²) in [6.07, 6.45) is 2.51.